The Balaban J connectivity index is 2.07. The molecule has 1 atom stereocenters. The van der Waals surface area contributed by atoms with E-state index < -0.39 is 0 Å². The van der Waals surface area contributed by atoms with Crippen LogP contribution >= 0.6 is 23.1 Å². The molecule has 1 N–H and O–H groups in total. The van der Waals surface area contributed by atoms with Gasteiger partial charge in [0.1, 0.15) is 16.5 Å². The summed E-state index contributed by atoms with van der Waals surface area (Å²) in [4.78, 5) is 14.5. The Morgan fingerprint density at radius 3 is 3.00 bits per heavy atom. The molecule has 0 radical (unpaired) electrons. The van der Waals surface area contributed by atoms with E-state index in [-0.39, 0.29) is 0 Å². The molecule has 0 bridgehead atoms. The summed E-state index contributed by atoms with van der Waals surface area (Å²) in [6, 6.07) is 2.55. The first kappa shape index (κ1) is 14.1. The minimum absolute atomic E-state index is 0.331. The van der Waals surface area contributed by atoms with Crippen LogP contribution in [-0.4, -0.2) is 47.0 Å². The standard InChI is InChI=1S/C14H20N4S2/c1-4-9-7-10-12(15-2)16-13(17-14(10)20-9)11-8-19-6-5-18(11)3/h7,11H,4-6,8H2,1-3H3,(H,15,16,17). The molecule has 2 aromatic heterocycles. The van der Waals surface area contributed by atoms with Crippen molar-refractivity contribution in [2.45, 2.75) is 19.4 Å². The van der Waals surface area contributed by atoms with Gasteiger partial charge in [-0.05, 0) is 19.5 Å². The maximum Gasteiger partial charge on any atom is 0.150 e. The van der Waals surface area contributed by atoms with Crippen molar-refractivity contribution < 1.29 is 0 Å². The molecule has 0 amide bonds. The molecule has 1 unspecified atom stereocenters. The molecule has 0 saturated carbocycles. The zero-order valence-electron chi connectivity index (χ0n) is 12.1. The fraction of sp³-hybridized carbons (Fsp3) is 0.571. The molecule has 20 heavy (non-hydrogen) atoms. The van der Waals surface area contributed by atoms with Gasteiger partial charge in [-0.1, -0.05) is 6.92 Å². The van der Waals surface area contributed by atoms with E-state index in [4.69, 9.17) is 9.97 Å². The van der Waals surface area contributed by atoms with E-state index in [9.17, 15) is 0 Å². The van der Waals surface area contributed by atoms with Gasteiger partial charge in [0, 0.05) is 30.0 Å². The first-order chi connectivity index (χ1) is 9.72. The molecule has 1 fully saturated rings. The van der Waals surface area contributed by atoms with E-state index in [0.717, 1.165) is 40.6 Å². The van der Waals surface area contributed by atoms with E-state index >= 15 is 0 Å². The van der Waals surface area contributed by atoms with Crippen molar-refractivity contribution in [3.05, 3.63) is 16.8 Å². The third kappa shape index (κ3) is 2.52. The summed E-state index contributed by atoms with van der Waals surface area (Å²) in [7, 11) is 4.11. The number of hydrogen-bond acceptors (Lipinski definition) is 6. The van der Waals surface area contributed by atoms with E-state index in [2.05, 4.69) is 30.3 Å². The van der Waals surface area contributed by atoms with Crippen molar-refractivity contribution in [3.8, 4) is 0 Å². The summed E-state index contributed by atoms with van der Waals surface area (Å²) in [5, 5.41) is 4.39. The van der Waals surface area contributed by atoms with Crippen LogP contribution in [0, 0.1) is 0 Å². The quantitative estimate of drug-likeness (QED) is 0.944. The third-order valence-corrected chi connectivity index (χ3v) is 5.94. The fourth-order valence-electron chi connectivity index (χ4n) is 2.46. The number of aromatic nitrogens is 2. The van der Waals surface area contributed by atoms with Crippen LogP contribution in [0.5, 0.6) is 0 Å². The van der Waals surface area contributed by atoms with Crippen LogP contribution in [0.25, 0.3) is 10.2 Å². The predicted octanol–water partition coefficient (Wildman–Crippen LogP) is 3.02. The number of anilines is 1. The van der Waals surface area contributed by atoms with Crippen LogP contribution in [0.2, 0.25) is 0 Å². The normalized spacial score (nSPS) is 20.4. The first-order valence-electron chi connectivity index (χ1n) is 6.99. The summed E-state index contributed by atoms with van der Waals surface area (Å²) in [6.07, 6.45) is 1.05. The lowest BCUT2D eigenvalue weighted by atomic mass is 10.2. The average molecular weight is 308 g/mol. The van der Waals surface area contributed by atoms with Gasteiger partial charge in [0.2, 0.25) is 0 Å². The number of hydrogen-bond donors (Lipinski definition) is 1. The minimum atomic E-state index is 0.331. The SMILES string of the molecule is CCc1cc2c(NC)nc(C3CSCCN3C)nc2s1. The molecule has 4 nitrogen and oxygen atoms in total. The van der Waals surface area contributed by atoms with Crippen LogP contribution in [0.3, 0.4) is 0 Å². The first-order valence-corrected chi connectivity index (χ1v) is 8.96. The lowest BCUT2D eigenvalue weighted by molar-refractivity contribution is 0.265. The number of nitrogens with zero attached hydrogens (tertiary/aromatic N) is 3. The van der Waals surface area contributed by atoms with Gasteiger partial charge in [0.05, 0.1) is 11.4 Å². The van der Waals surface area contributed by atoms with E-state index in [1.54, 1.807) is 11.3 Å². The summed E-state index contributed by atoms with van der Waals surface area (Å²) < 4.78 is 0. The molecule has 3 rings (SSSR count). The monoisotopic (exact) mass is 308 g/mol. The van der Waals surface area contributed by atoms with Crippen molar-refractivity contribution in [3.63, 3.8) is 0 Å². The Morgan fingerprint density at radius 1 is 1.45 bits per heavy atom. The van der Waals surface area contributed by atoms with Gasteiger partial charge in [-0.25, -0.2) is 9.97 Å². The molecule has 2 aromatic rings. The van der Waals surface area contributed by atoms with Crippen LogP contribution < -0.4 is 5.32 Å². The lowest BCUT2D eigenvalue weighted by Crippen LogP contribution is -2.33. The van der Waals surface area contributed by atoms with Crippen LogP contribution in [0.15, 0.2) is 6.07 Å². The highest BCUT2D eigenvalue weighted by Gasteiger charge is 2.25. The van der Waals surface area contributed by atoms with Crippen molar-refractivity contribution in [1.82, 2.24) is 14.9 Å². The summed E-state index contributed by atoms with van der Waals surface area (Å²) >= 11 is 3.78. The maximum atomic E-state index is 4.84. The van der Waals surface area contributed by atoms with Crippen LogP contribution in [0.1, 0.15) is 23.7 Å². The molecular formula is C14H20N4S2. The van der Waals surface area contributed by atoms with E-state index in [1.807, 2.05) is 18.8 Å². The summed E-state index contributed by atoms with van der Waals surface area (Å²) in [5.41, 5.74) is 0. The highest BCUT2D eigenvalue weighted by atomic mass is 32.2. The zero-order valence-corrected chi connectivity index (χ0v) is 13.8. The molecule has 3 heterocycles. The second-order valence-electron chi connectivity index (χ2n) is 5.04. The number of fused-ring (bicyclic) bond motifs is 1. The van der Waals surface area contributed by atoms with Crippen molar-refractivity contribution >= 4 is 39.1 Å². The minimum Gasteiger partial charge on any atom is -0.372 e. The van der Waals surface area contributed by atoms with Gasteiger partial charge in [-0.3, -0.25) is 4.90 Å². The van der Waals surface area contributed by atoms with Gasteiger partial charge >= 0.3 is 0 Å². The Hall–Kier alpha value is -0.850. The third-order valence-electron chi connectivity index (χ3n) is 3.74. The van der Waals surface area contributed by atoms with Gasteiger partial charge in [-0.15, -0.1) is 11.3 Å². The highest BCUT2D eigenvalue weighted by molar-refractivity contribution is 7.99. The van der Waals surface area contributed by atoms with Gasteiger partial charge in [-0.2, -0.15) is 11.8 Å². The molecule has 108 valence electrons. The molecule has 1 saturated heterocycles. The Morgan fingerprint density at radius 2 is 2.30 bits per heavy atom. The average Bonchev–Trinajstić information content (AvgIpc) is 2.89. The lowest BCUT2D eigenvalue weighted by Gasteiger charge is -2.30. The van der Waals surface area contributed by atoms with Crippen molar-refractivity contribution in [2.75, 3.05) is 37.5 Å². The Bertz CT molecular complexity index is 610. The highest BCUT2D eigenvalue weighted by Crippen LogP contribution is 2.33. The Kier molecular flexibility index (Phi) is 4.14. The zero-order chi connectivity index (χ0) is 14.1. The fourth-order valence-corrected chi connectivity index (χ4v) is 4.64. The van der Waals surface area contributed by atoms with Crippen LogP contribution in [-0.2, 0) is 6.42 Å². The van der Waals surface area contributed by atoms with E-state index in [0.29, 0.717) is 6.04 Å². The molecule has 6 heteroatoms. The topological polar surface area (TPSA) is 41.1 Å². The smallest absolute Gasteiger partial charge is 0.150 e. The molecule has 1 aliphatic rings. The maximum absolute atomic E-state index is 4.84. The molecule has 0 aliphatic carbocycles. The molecule has 0 spiro atoms. The largest absolute Gasteiger partial charge is 0.372 e. The van der Waals surface area contributed by atoms with Crippen molar-refractivity contribution in [1.29, 1.82) is 0 Å². The second kappa shape index (κ2) is 5.87. The van der Waals surface area contributed by atoms with Gasteiger partial charge < -0.3 is 5.32 Å². The van der Waals surface area contributed by atoms with Gasteiger partial charge in [0.15, 0.2) is 0 Å². The number of rotatable bonds is 3. The number of thiophene rings is 1. The number of aryl methyl sites for hydroxylation is 1. The summed E-state index contributed by atoms with van der Waals surface area (Å²) in [6.45, 7) is 3.29. The second-order valence-corrected chi connectivity index (χ2v) is 7.30. The molecule has 0 aromatic carbocycles. The van der Waals surface area contributed by atoms with Gasteiger partial charge in [0.25, 0.3) is 0 Å². The number of nitrogens with one attached hydrogen (secondary N) is 1. The predicted molar refractivity (Wildman–Crippen MR) is 89.0 cm³/mol. The van der Waals surface area contributed by atoms with Crippen molar-refractivity contribution in [2.24, 2.45) is 0 Å². The summed E-state index contributed by atoms with van der Waals surface area (Å²) in [5.74, 6) is 4.20. The van der Waals surface area contributed by atoms with E-state index in [1.165, 1.54) is 10.6 Å². The number of thioether (sulfide) groups is 1. The Labute approximate surface area is 128 Å². The van der Waals surface area contributed by atoms with Crippen LogP contribution in [0.4, 0.5) is 5.82 Å². The molecular weight excluding hydrogens is 288 g/mol. The molecule has 1 aliphatic heterocycles.